The van der Waals surface area contributed by atoms with Crippen LogP contribution in [0.5, 0.6) is 11.5 Å². The highest BCUT2D eigenvalue weighted by Gasteiger charge is 2.17. The number of nitrogens with one attached hydrogen (secondary N) is 1. The maximum atomic E-state index is 6.22. The van der Waals surface area contributed by atoms with Gasteiger partial charge in [0, 0.05) is 13.1 Å². The summed E-state index contributed by atoms with van der Waals surface area (Å²) in [6.45, 7) is 4.23. The Kier molecular flexibility index (Phi) is 6.15. The van der Waals surface area contributed by atoms with Crippen molar-refractivity contribution in [3.8, 4) is 11.5 Å². The summed E-state index contributed by atoms with van der Waals surface area (Å²) >= 11 is 6.22. The van der Waals surface area contributed by atoms with Crippen LogP contribution in [0.1, 0.15) is 18.4 Å². The van der Waals surface area contributed by atoms with Gasteiger partial charge in [0.25, 0.3) is 0 Å². The standard InChI is InChI=1S/C16H25ClN2O2/c1-19-6-4-5-12(11-19)9-18-10-13-7-14(17)16(21-3)15(8-13)20-2/h7-8,12,18H,4-6,9-11H2,1-3H3. The minimum absolute atomic E-state index is 0.589. The van der Waals surface area contributed by atoms with E-state index in [0.717, 1.165) is 24.6 Å². The molecule has 4 nitrogen and oxygen atoms in total. The lowest BCUT2D eigenvalue weighted by Crippen LogP contribution is -2.37. The van der Waals surface area contributed by atoms with Crippen LogP contribution in [-0.4, -0.2) is 45.8 Å². The molecule has 0 radical (unpaired) electrons. The Bertz CT molecular complexity index is 468. The minimum atomic E-state index is 0.589. The highest BCUT2D eigenvalue weighted by Crippen LogP contribution is 2.35. The molecular weight excluding hydrogens is 288 g/mol. The molecule has 5 heteroatoms. The van der Waals surface area contributed by atoms with E-state index in [1.165, 1.54) is 25.9 Å². The lowest BCUT2D eigenvalue weighted by molar-refractivity contribution is 0.206. The molecule has 1 heterocycles. The molecule has 1 unspecified atom stereocenters. The van der Waals surface area contributed by atoms with Crippen molar-refractivity contribution in [1.82, 2.24) is 10.2 Å². The minimum Gasteiger partial charge on any atom is -0.493 e. The summed E-state index contributed by atoms with van der Waals surface area (Å²) in [4.78, 5) is 2.41. The highest BCUT2D eigenvalue weighted by molar-refractivity contribution is 6.32. The molecule has 0 amide bonds. The Morgan fingerprint density at radius 2 is 2.14 bits per heavy atom. The van der Waals surface area contributed by atoms with Crippen LogP contribution in [0.15, 0.2) is 12.1 Å². The quantitative estimate of drug-likeness (QED) is 0.876. The summed E-state index contributed by atoms with van der Waals surface area (Å²) in [5, 5.41) is 4.12. The molecule has 118 valence electrons. The normalized spacial score (nSPS) is 19.5. The SMILES string of the molecule is COc1cc(CNCC2CCCN(C)C2)cc(Cl)c1OC. The van der Waals surface area contributed by atoms with Crippen molar-refractivity contribution >= 4 is 11.6 Å². The number of hydrogen-bond donors (Lipinski definition) is 1. The summed E-state index contributed by atoms with van der Waals surface area (Å²) in [7, 11) is 5.42. The van der Waals surface area contributed by atoms with Crippen LogP contribution in [-0.2, 0) is 6.54 Å². The maximum Gasteiger partial charge on any atom is 0.179 e. The van der Waals surface area contributed by atoms with E-state index >= 15 is 0 Å². The Balaban J connectivity index is 1.89. The van der Waals surface area contributed by atoms with E-state index in [2.05, 4.69) is 17.3 Å². The van der Waals surface area contributed by atoms with Crippen molar-refractivity contribution in [2.75, 3.05) is 40.9 Å². The third kappa shape index (κ3) is 4.50. The molecule has 1 fully saturated rings. The van der Waals surface area contributed by atoms with Crippen molar-refractivity contribution in [2.24, 2.45) is 5.92 Å². The van der Waals surface area contributed by atoms with E-state index in [1.54, 1.807) is 14.2 Å². The first-order valence-corrected chi connectivity index (χ1v) is 7.81. The molecule has 1 aromatic rings. The second kappa shape index (κ2) is 7.87. The summed E-state index contributed by atoms with van der Waals surface area (Å²) in [6.07, 6.45) is 2.61. The summed E-state index contributed by atoms with van der Waals surface area (Å²) in [6, 6.07) is 3.91. The second-order valence-corrected chi connectivity index (χ2v) is 6.12. The van der Waals surface area contributed by atoms with Gasteiger partial charge in [-0.15, -0.1) is 0 Å². The Labute approximate surface area is 132 Å². The average Bonchev–Trinajstić information content (AvgIpc) is 2.46. The monoisotopic (exact) mass is 312 g/mol. The van der Waals surface area contributed by atoms with Crippen molar-refractivity contribution in [2.45, 2.75) is 19.4 Å². The highest BCUT2D eigenvalue weighted by atomic mass is 35.5. The first-order valence-electron chi connectivity index (χ1n) is 7.43. The van der Waals surface area contributed by atoms with Gasteiger partial charge in [-0.05, 0) is 56.6 Å². The van der Waals surface area contributed by atoms with Gasteiger partial charge in [-0.2, -0.15) is 0 Å². The molecule has 0 aliphatic carbocycles. The zero-order chi connectivity index (χ0) is 15.2. The van der Waals surface area contributed by atoms with Crippen LogP contribution in [0.2, 0.25) is 5.02 Å². The summed E-state index contributed by atoms with van der Waals surface area (Å²) in [5.41, 5.74) is 1.11. The molecule has 1 aromatic carbocycles. The van der Waals surface area contributed by atoms with E-state index in [-0.39, 0.29) is 0 Å². The molecule has 0 bridgehead atoms. The Hall–Kier alpha value is -0.970. The molecule has 21 heavy (non-hydrogen) atoms. The van der Waals surface area contributed by atoms with Crippen LogP contribution >= 0.6 is 11.6 Å². The third-order valence-corrected chi connectivity index (χ3v) is 4.26. The fourth-order valence-corrected chi connectivity index (χ4v) is 3.24. The molecule has 2 rings (SSSR count). The zero-order valence-electron chi connectivity index (χ0n) is 13.1. The first kappa shape index (κ1) is 16.4. The van der Waals surface area contributed by atoms with Gasteiger partial charge in [-0.25, -0.2) is 0 Å². The van der Waals surface area contributed by atoms with Gasteiger partial charge in [0.2, 0.25) is 0 Å². The van der Waals surface area contributed by atoms with E-state index < -0.39 is 0 Å². The van der Waals surface area contributed by atoms with Gasteiger partial charge >= 0.3 is 0 Å². The van der Waals surface area contributed by atoms with Crippen LogP contribution in [0.4, 0.5) is 0 Å². The fraction of sp³-hybridized carbons (Fsp3) is 0.625. The smallest absolute Gasteiger partial charge is 0.179 e. The lowest BCUT2D eigenvalue weighted by Gasteiger charge is -2.29. The lowest BCUT2D eigenvalue weighted by atomic mass is 9.98. The number of nitrogens with zero attached hydrogens (tertiary/aromatic N) is 1. The largest absolute Gasteiger partial charge is 0.493 e. The third-order valence-electron chi connectivity index (χ3n) is 3.98. The summed E-state index contributed by atoms with van der Waals surface area (Å²) < 4.78 is 10.6. The number of piperidine rings is 1. The summed E-state index contributed by atoms with van der Waals surface area (Å²) in [5.74, 6) is 2.01. The predicted molar refractivity (Wildman–Crippen MR) is 86.5 cm³/mol. The molecule has 0 aromatic heterocycles. The first-order chi connectivity index (χ1) is 10.1. The molecule has 0 spiro atoms. The topological polar surface area (TPSA) is 33.7 Å². The average molecular weight is 313 g/mol. The molecule has 1 aliphatic heterocycles. The van der Waals surface area contributed by atoms with Gasteiger partial charge in [0.15, 0.2) is 11.5 Å². The van der Waals surface area contributed by atoms with Crippen molar-refractivity contribution in [3.63, 3.8) is 0 Å². The van der Waals surface area contributed by atoms with E-state index in [9.17, 15) is 0 Å². The fourth-order valence-electron chi connectivity index (χ4n) is 2.93. The second-order valence-electron chi connectivity index (χ2n) is 5.71. The van der Waals surface area contributed by atoms with E-state index in [1.807, 2.05) is 12.1 Å². The van der Waals surface area contributed by atoms with Gasteiger partial charge in [-0.3, -0.25) is 0 Å². The molecule has 1 atom stereocenters. The van der Waals surface area contributed by atoms with Gasteiger partial charge in [0.1, 0.15) is 0 Å². The molecule has 1 N–H and O–H groups in total. The Morgan fingerprint density at radius 1 is 1.33 bits per heavy atom. The van der Waals surface area contributed by atoms with Crippen LogP contribution in [0, 0.1) is 5.92 Å². The molecule has 1 saturated heterocycles. The number of rotatable bonds is 6. The number of benzene rings is 1. The van der Waals surface area contributed by atoms with Crippen molar-refractivity contribution in [3.05, 3.63) is 22.7 Å². The van der Waals surface area contributed by atoms with Gasteiger partial charge < -0.3 is 19.7 Å². The van der Waals surface area contributed by atoms with E-state index in [0.29, 0.717) is 16.5 Å². The van der Waals surface area contributed by atoms with Crippen molar-refractivity contribution in [1.29, 1.82) is 0 Å². The number of ether oxygens (including phenoxy) is 2. The number of likely N-dealkylation sites (tertiary alicyclic amines) is 1. The maximum absolute atomic E-state index is 6.22. The predicted octanol–water partition coefficient (Wildman–Crippen LogP) is 2.79. The van der Waals surface area contributed by atoms with Crippen LogP contribution in [0.25, 0.3) is 0 Å². The van der Waals surface area contributed by atoms with Crippen LogP contribution < -0.4 is 14.8 Å². The van der Waals surface area contributed by atoms with Crippen molar-refractivity contribution < 1.29 is 9.47 Å². The number of halogens is 1. The van der Waals surface area contributed by atoms with Gasteiger partial charge in [0.05, 0.1) is 19.2 Å². The molecular formula is C16H25ClN2O2. The zero-order valence-corrected chi connectivity index (χ0v) is 13.9. The molecule has 0 saturated carbocycles. The number of methoxy groups -OCH3 is 2. The van der Waals surface area contributed by atoms with Crippen LogP contribution in [0.3, 0.4) is 0 Å². The number of hydrogen-bond acceptors (Lipinski definition) is 4. The van der Waals surface area contributed by atoms with Gasteiger partial charge in [-0.1, -0.05) is 11.6 Å². The molecule has 1 aliphatic rings. The Morgan fingerprint density at radius 3 is 2.81 bits per heavy atom. The van der Waals surface area contributed by atoms with E-state index in [4.69, 9.17) is 21.1 Å².